The first-order chi connectivity index (χ1) is 9.15. The van der Waals surface area contributed by atoms with Gasteiger partial charge in [-0.3, -0.25) is 4.79 Å². The molecule has 2 aliphatic rings. The van der Waals surface area contributed by atoms with Gasteiger partial charge in [-0.15, -0.1) is 0 Å². The Bertz CT molecular complexity index is 458. The lowest BCUT2D eigenvalue weighted by Crippen LogP contribution is -2.35. The van der Waals surface area contributed by atoms with E-state index in [1.165, 1.54) is 11.1 Å². The van der Waals surface area contributed by atoms with Crippen molar-refractivity contribution in [1.29, 1.82) is 0 Å². The smallest absolute Gasteiger partial charge is 0.226 e. The van der Waals surface area contributed by atoms with E-state index >= 15 is 0 Å². The van der Waals surface area contributed by atoms with E-state index in [0.717, 1.165) is 32.4 Å². The molecule has 0 radical (unpaired) electrons. The second kappa shape index (κ2) is 4.97. The maximum absolute atomic E-state index is 12.5. The molecule has 1 aliphatic carbocycles. The van der Waals surface area contributed by atoms with Crippen molar-refractivity contribution in [2.45, 2.75) is 32.3 Å². The van der Waals surface area contributed by atoms with Gasteiger partial charge in [0, 0.05) is 24.9 Å². The van der Waals surface area contributed by atoms with E-state index in [-0.39, 0.29) is 23.8 Å². The second-order valence-electron chi connectivity index (χ2n) is 5.95. The van der Waals surface area contributed by atoms with Crippen LogP contribution in [0.4, 0.5) is 0 Å². The van der Waals surface area contributed by atoms with Crippen LogP contribution in [0.1, 0.15) is 24.5 Å². The van der Waals surface area contributed by atoms with Crippen molar-refractivity contribution in [3.8, 4) is 0 Å². The van der Waals surface area contributed by atoms with Gasteiger partial charge in [0.25, 0.3) is 0 Å². The highest BCUT2D eigenvalue weighted by Crippen LogP contribution is 2.30. The minimum Gasteiger partial charge on any atom is -0.393 e. The molecule has 1 amide bonds. The fourth-order valence-corrected chi connectivity index (χ4v) is 3.37. The lowest BCUT2D eigenvalue weighted by molar-refractivity contribution is -0.134. The number of hydrogen-bond donors (Lipinski definition) is 1. The monoisotopic (exact) mass is 259 g/mol. The molecular formula is C16H21NO2. The molecule has 3 nitrogen and oxygen atoms in total. The van der Waals surface area contributed by atoms with Crippen molar-refractivity contribution in [2.24, 2.45) is 11.8 Å². The summed E-state index contributed by atoms with van der Waals surface area (Å²) in [6.07, 6.45) is 2.39. The molecule has 0 spiro atoms. The Morgan fingerprint density at radius 2 is 1.95 bits per heavy atom. The maximum Gasteiger partial charge on any atom is 0.226 e. The Morgan fingerprint density at radius 1 is 1.32 bits per heavy atom. The summed E-state index contributed by atoms with van der Waals surface area (Å²) in [7, 11) is 0. The lowest BCUT2D eigenvalue weighted by Gasteiger charge is -2.21. The Labute approximate surface area is 114 Å². The summed E-state index contributed by atoms with van der Waals surface area (Å²) in [6.45, 7) is 3.36. The van der Waals surface area contributed by atoms with Gasteiger partial charge in [-0.25, -0.2) is 0 Å². The number of rotatable bonds is 2. The number of carbonyl (C=O) groups excluding carboxylic acids is 1. The highest BCUT2D eigenvalue weighted by atomic mass is 16.3. The minimum absolute atomic E-state index is 0.116. The van der Waals surface area contributed by atoms with Gasteiger partial charge in [0.05, 0.1) is 6.10 Å². The van der Waals surface area contributed by atoms with Crippen LogP contribution in [0, 0.1) is 11.8 Å². The van der Waals surface area contributed by atoms with Crippen LogP contribution in [0.5, 0.6) is 0 Å². The zero-order chi connectivity index (χ0) is 13.4. The van der Waals surface area contributed by atoms with Crippen LogP contribution in [0.15, 0.2) is 24.3 Å². The predicted molar refractivity (Wildman–Crippen MR) is 73.7 cm³/mol. The molecule has 0 bridgehead atoms. The molecular weight excluding hydrogens is 238 g/mol. The zero-order valence-corrected chi connectivity index (χ0v) is 11.4. The average Bonchev–Trinajstić information content (AvgIpc) is 3.04. The van der Waals surface area contributed by atoms with Gasteiger partial charge in [0.2, 0.25) is 5.91 Å². The van der Waals surface area contributed by atoms with E-state index in [9.17, 15) is 9.90 Å². The number of aliphatic hydroxyl groups is 1. The standard InChI is InChI=1S/C16H21NO2/c1-11(18)14-6-7-17(10-14)16(19)15-8-12-4-2-3-5-13(12)9-15/h2-5,11,14-15,18H,6-10H2,1H3. The third-order valence-electron chi connectivity index (χ3n) is 4.62. The first kappa shape index (κ1) is 12.7. The van der Waals surface area contributed by atoms with Crippen molar-refractivity contribution < 1.29 is 9.90 Å². The van der Waals surface area contributed by atoms with Crippen molar-refractivity contribution in [3.63, 3.8) is 0 Å². The van der Waals surface area contributed by atoms with Crippen LogP contribution < -0.4 is 0 Å². The quantitative estimate of drug-likeness (QED) is 0.877. The minimum atomic E-state index is -0.307. The van der Waals surface area contributed by atoms with Gasteiger partial charge < -0.3 is 10.0 Å². The zero-order valence-electron chi connectivity index (χ0n) is 11.4. The number of nitrogens with zero attached hydrogens (tertiary/aromatic N) is 1. The fourth-order valence-electron chi connectivity index (χ4n) is 3.37. The van der Waals surface area contributed by atoms with Crippen molar-refractivity contribution in [1.82, 2.24) is 4.90 Å². The molecule has 19 heavy (non-hydrogen) atoms. The molecule has 3 heteroatoms. The molecule has 1 saturated heterocycles. The Kier molecular flexibility index (Phi) is 3.31. The van der Waals surface area contributed by atoms with Crippen molar-refractivity contribution in [2.75, 3.05) is 13.1 Å². The molecule has 2 atom stereocenters. The Morgan fingerprint density at radius 3 is 2.47 bits per heavy atom. The number of fused-ring (bicyclic) bond motifs is 1. The first-order valence-electron chi connectivity index (χ1n) is 7.19. The molecule has 3 rings (SSSR count). The first-order valence-corrected chi connectivity index (χ1v) is 7.19. The van der Waals surface area contributed by atoms with Crippen LogP contribution in [-0.2, 0) is 17.6 Å². The average molecular weight is 259 g/mol. The van der Waals surface area contributed by atoms with Gasteiger partial charge in [0.15, 0.2) is 0 Å². The number of aliphatic hydroxyl groups excluding tert-OH is 1. The highest BCUT2D eigenvalue weighted by molar-refractivity contribution is 5.80. The molecule has 1 aromatic rings. The Balaban J connectivity index is 1.64. The van der Waals surface area contributed by atoms with Gasteiger partial charge >= 0.3 is 0 Å². The number of benzene rings is 1. The van der Waals surface area contributed by atoms with E-state index in [1.807, 2.05) is 24.0 Å². The van der Waals surface area contributed by atoms with Crippen LogP contribution >= 0.6 is 0 Å². The molecule has 2 unspecified atom stereocenters. The van der Waals surface area contributed by atoms with E-state index in [1.54, 1.807) is 0 Å². The second-order valence-corrected chi connectivity index (χ2v) is 5.95. The molecule has 1 aromatic carbocycles. The third-order valence-corrected chi connectivity index (χ3v) is 4.62. The molecule has 1 heterocycles. The van der Waals surface area contributed by atoms with Crippen LogP contribution in [0.3, 0.4) is 0 Å². The molecule has 1 N–H and O–H groups in total. The van der Waals surface area contributed by atoms with Gasteiger partial charge in [0.1, 0.15) is 0 Å². The van der Waals surface area contributed by atoms with Gasteiger partial charge in [-0.2, -0.15) is 0 Å². The van der Waals surface area contributed by atoms with Crippen molar-refractivity contribution in [3.05, 3.63) is 35.4 Å². The summed E-state index contributed by atoms with van der Waals surface area (Å²) >= 11 is 0. The predicted octanol–water partition coefficient (Wildman–Crippen LogP) is 1.63. The topological polar surface area (TPSA) is 40.5 Å². The van der Waals surface area contributed by atoms with Crippen LogP contribution in [0.25, 0.3) is 0 Å². The van der Waals surface area contributed by atoms with Gasteiger partial charge in [-0.05, 0) is 37.3 Å². The highest BCUT2D eigenvalue weighted by Gasteiger charge is 2.35. The van der Waals surface area contributed by atoms with E-state index in [4.69, 9.17) is 0 Å². The summed E-state index contributed by atoms with van der Waals surface area (Å²) < 4.78 is 0. The fraction of sp³-hybridized carbons (Fsp3) is 0.562. The summed E-state index contributed by atoms with van der Waals surface area (Å²) in [5, 5.41) is 9.62. The summed E-state index contributed by atoms with van der Waals surface area (Å²) in [5.74, 6) is 0.650. The van der Waals surface area contributed by atoms with Crippen LogP contribution in [0.2, 0.25) is 0 Å². The van der Waals surface area contributed by atoms with E-state index < -0.39 is 0 Å². The molecule has 1 fully saturated rings. The van der Waals surface area contributed by atoms with Crippen molar-refractivity contribution >= 4 is 5.91 Å². The Hall–Kier alpha value is -1.35. The lowest BCUT2D eigenvalue weighted by atomic mass is 10.0. The number of carbonyl (C=O) groups is 1. The van der Waals surface area contributed by atoms with E-state index in [2.05, 4.69) is 12.1 Å². The molecule has 102 valence electrons. The molecule has 1 aliphatic heterocycles. The summed E-state index contributed by atoms with van der Waals surface area (Å²) in [6, 6.07) is 8.35. The van der Waals surface area contributed by atoms with Crippen LogP contribution in [-0.4, -0.2) is 35.1 Å². The SMILES string of the molecule is CC(O)C1CCN(C(=O)C2Cc3ccccc3C2)C1. The maximum atomic E-state index is 12.5. The largest absolute Gasteiger partial charge is 0.393 e. The summed E-state index contributed by atoms with van der Waals surface area (Å²) in [5.41, 5.74) is 2.65. The van der Waals surface area contributed by atoms with E-state index in [0.29, 0.717) is 0 Å². The number of amides is 1. The van der Waals surface area contributed by atoms with Gasteiger partial charge in [-0.1, -0.05) is 24.3 Å². The third kappa shape index (κ3) is 2.39. The number of likely N-dealkylation sites (tertiary alicyclic amines) is 1. The normalized spacial score (nSPS) is 24.5. The summed E-state index contributed by atoms with van der Waals surface area (Å²) in [4.78, 5) is 14.5. The molecule has 0 aromatic heterocycles. The number of hydrogen-bond acceptors (Lipinski definition) is 2. The molecule has 0 saturated carbocycles.